The van der Waals surface area contributed by atoms with Gasteiger partial charge in [0.25, 0.3) is 0 Å². The van der Waals surface area contributed by atoms with E-state index >= 15 is 0 Å². The van der Waals surface area contributed by atoms with Crippen molar-refractivity contribution in [2.24, 2.45) is 11.3 Å². The van der Waals surface area contributed by atoms with Crippen molar-refractivity contribution in [1.29, 1.82) is 0 Å². The van der Waals surface area contributed by atoms with E-state index in [2.05, 4.69) is 6.08 Å². The second kappa shape index (κ2) is 2.01. The lowest BCUT2D eigenvalue weighted by Gasteiger charge is -2.31. The quantitative estimate of drug-likeness (QED) is 0.500. The van der Waals surface area contributed by atoms with E-state index in [1.54, 1.807) is 5.57 Å². The maximum atomic E-state index is 11.4. The van der Waals surface area contributed by atoms with Gasteiger partial charge in [-0.3, -0.25) is 4.79 Å². The first-order valence-corrected chi connectivity index (χ1v) is 5.04. The Labute approximate surface area is 72.8 Å². The monoisotopic (exact) mass is 162 g/mol. The van der Waals surface area contributed by atoms with E-state index in [-0.39, 0.29) is 0 Å². The number of hydrogen-bond donors (Lipinski definition) is 0. The fraction of sp³-hybridized carbons (Fsp3) is 0.727. The fourth-order valence-electron chi connectivity index (χ4n) is 3.40. The van der Waals surface area contributed by atoms with E-state index in [0.717, 1.165) is 12.8 Å². The van der Waals surface area contributed by atoms with Crippen molar-refractivity contribution >= 4 is 5.78 Å². The molecule has 3 rings (SSSR count). The van der Waals surface area contributed by atoms with Gasteiger partial charge in [-0.15, -0.1) is 0 Å². The summed E-state index contributed by atoms with van der Waals surface area (Å²) >= 11 is 0. The summed E-state index contributed by atoms with van der Waals surface area (Å²) in [5.41, 5.74) is 2.16. The highest BCUT2D eigenvalue weighted by atomic mass is 16.1. The molecular weight excluding hydrogens is 148 g/mol. The maximum Gasteiger partial charge on any atom is 0.139 e. The van der Waals surface area contributed by atoms with Crippen molar-refractivity contribution in [3.63, 3.8) is 0 Å². The summed E-state index contributed by atoms with van der Waals surface area (Å²) in [5.74, 6) is 0.830. The minimum absolute atomic E-state index is 0.328. The van der Waals surface area contributed by atoms with Crippen molar-refractivity contribution < 1.29 is 4.79 Å². The summed E-state index contributed by atoms with van der Waals surface area (Å²) in [4.78, 5) is 11.4. The van der Waals surface area contributed by atoms with Crippen LogP contribution in [0.25, 0.3) is 0 Å². The average molecular weight is 162 g/mol. The van der Waals surface area contributed by atoms with Crippen LogP contribution in [0.1, 0.15) is 38.5 Å². The van der Waals surface area contributed by atoms with Gasteiger partial charge in [0, 0.05) is 12.3 Å². The molecule has 3 aliphatic carbocycles. The summed E-state index contributed by atoms with van der Waals surface area (Å²) in [6.45, 7) is 0. The lowest BCUT2D eigenvalue weighted by Crippen LogP contribution is -2.26. The van der Waals surface area contributed by atoms with Crippen LogP contribution >= 0.6 is 0 Å². The van der Waals surface area contributed by atoms with Gasteiger partial charge < -0.3 is 0 Å². The number of ketones is 1. The zero-order valence-corrected chi connectivity index (χ0v) is 7.31. The first kappa shape index (κ1) is 6.88. The van der Waals surface area contributed by atoms with Gasteiger partial charge in [-0.2, -0.15) is 0 Å². The smallest absolute Gasteiger partial charge is 0.139 e. The second-order valence-electron chi connectivity index (χ2n) is 4.60. The lowest BCUT2D eigenvalue weighted by molar-refractivity contribution is -0.124. The number of carbonyl (C=O) groups is 1. The van der Waals surface area contributed by atoms with Gasteiger partial charge in [-0.1, -0.05) is 11.6 Å². The molecule has 0 aliphatic heterocycles. The van der Waals surface area contributed by atoms with Gasteiger partial charge >= 0.3 is 0 Å². The Morgan fingerprint density at radius 1 is 1.33 bits per heavy atom. The summed E-state index contributed by atoms with van der Waals surface area (Å²) in [5, 5.41) is 0. The number of carbonyl (C=O) groups excluding carboxylic acids is 1. The van der Waals surface area contributed by atoms with Crippen molar-refractivity contribution in [2.75, 3.05) is 0 Å². The molecule has 0 amide bonds. The minimum Gasteiger partial charge on any atom is -0.299 e. The molecule has 0 N–H and O–H groups in total. The summed E-state index contributed by atoms with van der Waals surface area (Å²) < 4.78 is 0. The van der Waals surface area contributed by atoms with E-state index in [1.165, 1.54) is 25.7 Å². The number of fused-ring (bicyclic) bond motifs is 1. The highest BCUT2D eigenvalue weighted by Gasteiger charge is 2.48. The SMILES string of the molecule is O=C1CCC23CCCC2=CC1C3. The van der Waals surface area contributed by atoms with Gasteiger partial charge in [-0.05, 0) is 37.5 Å². The fourth-order valence-corrected chi connectivity index (χ4v) is 3.40. The molecule has 1 spiro atoms. The minimum atomic E-state index is 0.328. The first-order valence-electron chi connectivity index (χ1n) is 5.04. The third-order valence-electron chi connectivity index (χ3n) is 4.06. The Morgan fingerprint density at radius 2 is 2.25 bits per heavy atom. The van der Waals surface area contributed by atoms with Crippen LogP contribution in [0.5, 0.6) is 0 Å². The average Bonchev–Trinajstić information content (AvgIpc) is 2.52. The molecule has 1 heteroatoms. The van der Waals surface area contributed by atoms with Crippen molar-refractivity contribution in [1.82, 2.24) is 0 Å². The van der Waals surface area contributed by atoms with Crippen LogP contribution in [-0.4, -0.2) is 5.78 Å². The zero-order valence-electron chi connectivity index (χ0n) is 7.31. The molecule has 1 nitrogen and oxygen atoms in total. The van der Waals surface area contributed by atoms with E-state index < -0.39 is 0 Å². The Hall–Kier alpha value is -0.590. The van der Waals surface area contributed by atoms with Crippen LogP contribution in [0, 0.1) is 11.3 Å². The largest absolute Gasteiger partial charge is 0.299 e. The highest BCUT2D eigenvalue weighted by Crippen LogP contribution is 2.58. The number of rotatable bonds is 0. The molecule has 64 valence electrons. The summed E-state index contributed by atoms with van der Waals surface area (Å²) in [6, 6.07) is 0. The molecule has 0 aromatic rings. The number of allylic oxidation sites excluding steroid dienone is 2. The van der Waals surface area contributed by atoms with Gasteiger partial charge in [0.2, 0.25) is 0 Å². The molecule has 0 heterocycles. The molecule has 2 saturated carbocycles. The molecule has 0 aromatic heterocycles. The van der Waals surface area contributed by atoms with Gasteiger partial charge in [0.1, 0.15) is 5.78 Å². The second-order valence-corrected chi connectivity index (χ2v) is 4.60. The highest BCUT2D eigenvalue weighted by molar-refractivity contribution is 5.85. The van der Waals surface area contributed by atoms with Crippen LogP contribution in [-0.2, 0) is 4.79 Å². The molecular formula is C11H14O. The maximum absolute atomic E-state index is 11.4. The Morgan fingerprint density at radius 3 is 3.17 bits per heavy atom. The summed E-state index contributed by atoms with van der Waals surface area (Å²) in [7, 11) is 0. The molecule has 2 bridgehead atoms. The van der Waals surface area contributed by atoms with Crippen LogP contribution in [0.15, 0.2) is 11.6 Å². The standard InChI is InChI=1S/C11H14O/c12-10-3-5-11-4-1-2-9(11)6-8(10)7-11/h6,8H,1-5,7H2. The topological polar surface area (TPSA) is 17.1 Å². The predicted molar refractivity (Wildman–Crippen MR) is 46.7 cm³/mol. The molecule has 2 atom stereocenters. The summed E-state index contributed by atoms with van der Waals surface area (Å²) in [6.07, 6.45) is 9.49. The van der Waals surface area contributed by atoms with Crippen LogP contribution in [0.3, 0.4) is 0 Å². The number of Topliss-reactive ketones (excluding diaryl/α,β-unsaturated/α-hetero) is 1. The van der Waals surface area contributed by atoms with Gasteiger partial charge in [0.05, 0.1) is 0 Å². The lowest BCUT2D eigenvalue weighted by atomic mass is 9.72. The molecule has 0 radical (unpaired) electrons. The van der Waals surface area contributed by atoms with E-state index in [9.17, 15) is 4.79 Å². The number of hydrogen-bond acceptors (Lipinski definition) is 1. The zero-order chi connectivity index (χ0) is 8.18. The Kier molecular flexibility index (Phi) is 1.15. The molecule has 3 aliphatic rings. The third-order valence-corrected chi connectivity index (χ3v) is 4.06. The van der Waals surface area contributed by atoms with Crippen LogP contribution in [0.2, 0.25) is 0 Å². The van der Waals surface area contributed by atoms with Crippen molar-refractivity contribution in [3.05, 3.63) is 11.6 Å². The molecule has 2 unspecified atom stereocenters. The van der Waals surface area contributed by atoms with Crippen LogP contribution < -0.4 is 0 Å². The van der Waals surface area contributed by atoms with E-state index in [4.69, 9.17) is 0 Å². The van der Waals surface area contributed by atoms with E-state index in [1.807, 2.05) is 0 Å². The van der Waals surface area contributed by atoms with Crippen molar-refractivity contribution in [3.8, 4) is 0 Å². The molecule has 0 saturated heterocycles. The van der Waals surface area contributed by atoms with Crippen molar-refractivity contribution in [2.45, 2.75) is 38.5 Å². The van der Waals surface area contributed by atoms with Crippen LogP contribution in [0.4, 0.5) is 0 Å². The Balaban J connectivity index is 2.05. The van der Waals surface area contributed by atoms with Gasteiger partial charge in [-0.25, -0.2) is 0 Å². The normalized spacial score (nSPS) is 44.5. The molecule has 0 aromatic carbocycles. The molecule has 12 heavy (non-hydrogen) atoms. The first-order chi connectivity index (χ1) is 5.80. The predicted octanol–water partition coefficient (Wildman–Crippen LogP) is 2.47. The Bertz CT molecular complexity index is 277. The van der Waals surface area contributed by atoms with Gasteiger partial charge in [0.15, 0.2) is 0 Å². The molecule has 2 fully saturated rings. The van der Waals surface area contributed by atoms with E-state index in [0.29, 0.717) is 17.1 Å². The third kappa shape index (κ3) is 0.675.